The molecule has 0 aromatic carbocycles. The third kappa shape index (κ3) is 3.43. The van der Waals surface area contributed by atoms with E-state index in [4.69, 9.17) is 9.47 Å². The summed E-state index contributed by atoms with van der Waals surface area (Å²) in [6, 6.07) is 0.536. The molecule has 0 spiro atoms. The van der Waals surface area contributed by atoms with Gasteiger partial charge in [0.05, 0.1) is 19.3 Å². The summed E-state index contributed by atoms with van der Waals surface area (Å²) in [6.07, 6.45) is 4.47. The Balaban J connectivity index is 1.90. The van der Waals surface area contributed by atoms with E-state index in [2.05, 4.69) is 26.1 Å². The average molecular weight is 241 g/mol. The highest BCUT2D eigenvalue weighted by molar-refractivity contribution is 4.90. The van der Waals surface area contributed by atoms with Crippen molar-refractivity contribution in [2.24, 2.45) is 11.8 Å². The summed E-state index contributed by atoms with van der Waals surface area (Å²) in [5.74, 6) is 1.48. The fraction of sp³-hybridized carbons (Fsp3) is 1.00. The quantitative estimate of drug-likeness (QED) is 0.800. The van der Waals surface area contributed by atoms with E-state index >= 15 is 0 Å². The fourth-order valence-electron chi connectivity index (χ4n) is 3.10. The van der Waals surface area contributed by atoms with Gasteiger partial charge in [-0.1, -0.05) is 20.8 Å². The fourth-order valence-corrected chi connectivity index (χ4v) is 3.10. The molecule has 0 aromatic rings. The predicted molar refractivity (Wildman–Crippen MR) is 69.1 cm³/mol. The van der Waals surface area contributed by atoms with Gasteiger partial charge >= 0.3 is 0 Å². The van der Waals surface area contributed by atoms with E-state index < -0.39 is 0 Å². The highest BCUT2D eigenvalue weighted by Gasteiger charge is 2.37. The van der Waals surface area contributed by atoms with Crippen molar-refractivity contribution in [2.45, 2.75) is 58.3 Å². The van der Waals surface area contributed by atoms with E-state index in [1.54, 1.807) is 0 Å². The van der Waals surface area contributed by atoms with E-state index in [1.807, 2.05) is 0 Å². The molecule has 1 saturated carbocycles. The Bertz CT molecular complexity index is 230. The molecule has 0 radical (unpaired) electrons. The molecule has 1 saturated heterocycles. The Morgan fingerprint density at radius 1 is 1.24 bits per heavy atom. The van der Waals surface area contributed by atoms with Crippen LogP contribution in [0.15, 0.2) is 0 Å². The van der Waals surface area contributed by atoms with E-state index in [9.17, 15) is 0 Å². The van der Waals surface area contributed by atoms with Crippen LogP contribution in [0.1, 0.15) is 40.0 Å². The number of rotatable bonds is 5. The summed E-state index contributed by atoms with van der Waals surface area (Å²) in [4.78, 5) is 0. The maximum Gasteiger partial charge on any atom is 0.105 e. The van der Waals surface area contributed by atoms with Crippen LogP contribution in [-0.2, 0) is 9.47 Å². The van der Waals surface area contributed by atoms with Gasteiger partial charge in [0.2, 0.25) is 0 Å². The van der Waals surface area contributed by atoms with Gasteiger partial charge in [-0.3, -0.25) is 0 Å². The maximum atomic E-state index is 6.21. The first-order valence-corrected chi connectivity index (χ1v) is 7.17. The zero-order valence-corrected chi connectivity index (χ0v) is 11.4. The summed E-state index contributed by atoms with van der Waals surface area (Å²) >= 11 is 0. The Labute approximate surface area is 105 Å². The van der Waals surface area contributed by atoms with E-state index in [0.717, 1.165) is 25.7 Å². The van der Waals surface area contributed by atoms with Crippen LogP contribution in [0.4, 0.5) is 0 Å². The third-order valence-electron chi connectivity index (χ3n) is 4.00. The molecule has 17 heavy (non-hydrogen) atoms. The van der Waals surface area contributed by atoms with Crippen LogP contribution in [0, 0.1) is 11.8 Å². The second-order valence-electron chi connectivity index (χ2n) is 5.87. The smallest absolute Gasteiger partial charge is 0.105 e. The molecule has 3 heteroatoms. The maximum absolute atomic E-state index is 6.21. The summed E-state index contributed by atoms with van der Waals surface area (Å²) in [5.41, 5.74) is 0. The Morgan fingerprint density at radius 2 is 2.00 bits per heavy atom. The highest BCUT2D eigenvalue weighted by atomic mass is 16.6. The SMILES string of the molecule is CCCNC1CC(C)CC(C)C1OC1COC1. The summed E-state index contributed by atoms with van der Waals surface area (Å²) in [7, 11) is 0. The lowest BCUT2D eigenvalue weighted by Crippen LogP contribution is -2.53. The standard InChI is InChI=1S/C14H27NO2/c1-4-5-15-13-7-10(2)6-11(3)14(13)17-12-8-16-9-12/h10-15H,4-9H2,1-3H3. The number of hydrogen-bond acceptors (Lipinski definition) is 3. The molecule has 1 aliphatic carbocycles. The minimum atomic E-state index is 0.349. The van der Waals surface area contributed by atoms with Gasteiger partial charge in [0, 0.05) is 6.04 Å². The minimum Gasteiger partial charge on any atom is -0.376 e. The number of hydrogen-bond donors (Lipinski definition) is 1. The van der Waals surface area contributed by atoms with Crippen LogP contribution in [0.25, 0.3) is 0 Å². The molecule has 2 aliphatic rings. The molecule has 4 atom stereocenters. The first-order valence-electron chi connectivity index (χ1n) is 7.17. The lowest BCUT2D eigenvalue weighted by atomic mass is 9.78. The Morgan fingerprint density at radius 3 is 2.59 bits per heavy atom. The van der Waals surface area contributed by atoms with Gasteiger partial charge in [-0.15, -0.1) is 0 Å². The zero-order chi connectivity index (χ0) is 12.3. The Kier molecular flexibility index (Phi) is 4.83. The molecule has 0 amide bonds. The van der Waals surface area contributed by atoms with Gasteiger partial charge in [0.15, 0.2) is 0 Å². The van der Waals surface area contributed by atoms with Crippen LogP contribution in [0.2, 0.25) is 0 Å². The van der Waals surface area contributed by atoms with Crippen LogP contribution in [0.3, 0.4) is 0 Å². The van der Waals surface area contributed by atoms with Gasteiger partial charge in [0.1, 0.15) is 6.10 Å². The number of nitrogens with one attached hydrogen (secondary N) is 1. The molecular weight excluding hydrogens is 214 g/mol. The molecular formula is C14H27NO2. The normalized spacial score (nSPS) is 39.0. The van der Waals surface area contributed by atoms with Crippen molar-refractivity contribution >= 4 is 0 Å². The number of ether oxygens (including phenoxy) is 2. The van der Waals surface area contributed by atoms with E-state index in [-0.39, 0.29) is 0 Å². The monoisotopic (exact) mass is 241 g/mol. The minimum absolute atomic E-state index is 0.349. The van der Waals surface area contributed by atoms with Crippen molar-refractivity contribution in [3.63, 3.8) is 0 Å². The third-order valence-corrected chi connectivity index (χ3v) is 4.00. The second kappa shape index (κ2) is 6.17. The second-order valence-corrected chi connectivity index (χ2v) is 5.87. The van der Waals surface area contributed by atoms with Gasteiger partial charge in [-0.25, -0.2) is 0 Å². The summed E-state index contributed by atoms with van der Waals surface area (Å²) < 4.78 is 11.4. The first kappa shape index (κ1) is 13.3. The molecule has 1 N–H and O–H groups in total. The van der Waals surface area contributed by atoms with Gasteiger partial charge < -0.3 is 14.8 Å². The summed E-state index contributed by atoms with van der Waals surface area (Å²) in [5, 5.41) is 3.67. The van der Waals surface area contributed by atoms with Gasteiger partial charge in [-0.2, -0.15) is 0 Å². The van der Waals surface area contributed by atoms with Crippen molar-refractivity contribution in [3.05, 3.63) is 0 Å². The molecule has 0 aromatic heterocycles. The van der Waals surface area contributed by atoms with Crippen molar-refractivity contribution < 1.29 is 9.47 Å². The van der Waals surface area contributed by atoms with Gasteiger partial charge in [-0.05, 0) is 37.6 Å². The Hall–Kier alpha value is -0.120. The first-order chi connectivity index (χ1) is 8.20. The van der Waals surface area contributed by atoms with Crippen molar-refractivity contribution in [3.8, 4) is 0 Å². The van der Waals surface area contributed by atoms with Crippen molar-refractivity contribution in [1.82, 2.24) is 5.32 Å². The lowest BCUT2D eigenvalue weighted by molar-refractivity contribution is -0.178. The van der Waals surface area contributed by atoms with Crippen molar-refractivity contribution in [1.29, 1.82) is 0 Å². The molecule has 100 valence electrons. The average Bonchev–Trinajstić information content (AvgIpc) is 2.22. The molecule has 0 bridgehead atoms. The molecule has 4 unspecified atom stereocenters. The topological polar surface area (TPSA) is 30.5 Å². The van der Waals surface area contributed by atoms with E-state index in [0.29, 0.717) is 24.2 Å². The highest BCUT2D eigenvalue weighted by Crippen LogP contribution is 2.32. The zero-order valence-electron chi connectivity index (χ0n) is 11.4. The van der Waals surface area contributed by atoms with Crippen LogP contribution in [-0.4, -0.2) is 38.0 Å². The molecule has 2 fully saturated rings. The molecule has 1 heterocycles. The summed E-state index contributed by atoms with van der Waals surface area (Å²) in [6.45, 7) is 9.60. The van der Waals surface area contributed by atoms with E-state index in [1.165, 1.54) is 19.3 Å². The largest absolute Gasteiger partial charge is 0.376 e. The van der Waals surface area contributed by atoms with Crippen LogP contribution in [0.5, 0.6) is 0 Å². The van der Waals surface area contributed by atoms with Gasteiger partial charge in [0.25, 0.3) is 0 Å². The molecule has 2 rings (SSSR count). The van der Waals surface area contributed by atoms with Crippen molar-refractivity contribution in [2.75, 3.05) is 19.8 Å². The van der Waals surface area contributed by atoms with Crippen LogP contribution < -0.4 is 5.32 Å². The molecule has 3 nitrogen and oxygen atoms in total. The lowest BCUT2D eigenvalue weighted by Gasteiger charge is -2.43. The van der Waals surface area contributed by atoms with Crippen LogP contribution >= 0.6 is 0 Å². The molecule has 1 aliphatic heterocycles. The predicted octanol–water partition coefficient (Wildman–Crippen LogP) is 2.20.